The van der Waals surface area contributed by atoms with Crippen LogP contribution in [0.4, 0.5) is 0 Å². The number of hydrogen-bond donors (Lipinski definition) is 2. The Kier molecular flexibility index (Phi) is 15.8. The number of aliphatic hydroxyl groups is 2. The van der Waals surface area contributed by atoms with E-state index in [1.165, 1.54) is 64.2 Å². The van der Waals surface area contributed by atoms with Crippen LogP contribution in [0.3, 0.4) is 0 Å². The standard InChI is InChI=1S/C19H38O2/c1-3-5-6-7-8-9-10-11-12-13-14-16-19(21)17-18(20)15-4-2/h4,18-21H,2-3,5-17H2,1H3/t18-,19-/m1/s1. The molecule has 0 aromatic rings. The highest BCUT2D eigenvalue weighted by molar-refractivity contribution is 4.74. The van der Waals surface area contributed by atoms with E-state index in [2.05, 4.69) is 13.5 Å². The summed E-state index contributed by atoms with van der Waals surface area (Å²) in [6.07, 6.45) is 17.4. The van der Waals surface area contributed by atoms with Crippen molar-refractivity contribution in [2.24, 2.45) is 0 Å². The fourth-order valence-corrected chi connectivity index (χ4v) is 2.76. The Balaban J connectivity index is 3.19. The van der Waals surface area contributed by atoms with Gasteiger partial charge in [-0.2, -0.15) is 0 Å². The summed E-state index contributed by atoms with van der Waals surface area (Å²) < 4.78 is 0. The first-order valence-electron chi connectivity index (χ1n) is 9.17. The maximum absolute atomic E-state index is 9.80. The van der Waals surface area contributed by atoms with Crippen molar-refractivity contribution in [2.45, 2.75) is 109 Å². The van der Waals surface area contributed by atoms with Crippen LogP contribution in [0.1, 0.15) is 96.8 Å². The first-order chi connectivity index (χ1) is 10.2. The van der Waals surface area contributed by atoms with Gasteiger partial charge in [-0.3, -0.25) is 0 Å². The molecule has 0 saturated carbocycles. The normalized spacial score (nSPS) is 14.0. The molecule has 0 radical (unpaired) electrons. The first-order valence-corrected chi connectivity index (χ1v) is 9.17. The summed E-state index contributed by atoms with van der Waals surface area (Å²) in [6.45, 7) is 5.86. The van der Waals surface area contributed by atoms with Crippen molar-refractivity contribution in [1.29, 1.82) is 0 Å². The number of unbranched alkanes of at least 4 members (excludes halogenated alkanes) is 10. The van der Waals surface area contributed by atoms with Crippen LogP contribution in [-0.2, 0) is 0 Å². The van der Waals surface area contributed by atoms with Gasteiger partial charge in [-0.25, -0.2) is 0 Å². The average molecular weight is 299 g/mol. The molecule has 0 aliphatic carbocycles. The largest absolute Gasteiger partial charge is 0.393 e. The van der Waals surface area contributed by atoms with Crippen molar-refractivity contribution >= 4 is 0 Å². The van der Waals surface area contributed by atoms with E-state index < -0.39 is 6.10 Å². The van der Waals surface area contributed by atoms with Crippen LogP contribution in [0.25, 0.3) is 0 Å². The van der Waals surface area contributed by atoms with E-state index in [0.29, 0.717) is 12.8 Å². The minimum Gasteiger partial charge on any atom is -0.393 e. The molecule has 0 aromatic heterocycles. The number of rotatable bonds is 16. The summed E-state index contributed by atoms with van der Waals surface area (Å²) in [5.74, 6) is 0. The van der Waals surface area contributed by atoms with Gasteiger partial charge in [0.25, 0.3) is 0 Å². The highest BCUT2D eigenvalue weighted by Crippen LogP contribution is 2.14. The Bertz CT molecular complexity index is 216. The molecule has 2 N–H and O–H groups in total. The molecule has 0 aliphatic heterocycles. The molecule has 0 aromatic carbocycles. The smallest absolute Gasteiger partial charge is 0.0599 e. The highest BCUT2D eigenvalue weighted by Gasteiger charge is 2.10. The zero-order chi connectivity index (χ0) is 15.8. The van der Waals surface area contributed by atoms with Crippen LogP contribution in [-0.4, -0.2) is 22.4 Å². The number of aliphatic hydroxyl groups excluding tert-OH is 2. The average Bonchev–Trinajstić information content (AvgIpc) is 2.45. The summed E-state index contributed by atoms with van der Waals surface area (Å²) in [6, 6.07) is 0. The summed E-state index contributed by atoms with van der Waals surface area (Å²) in [7, 11) is 0. The van der Waals surface area contributed by atoms with Crippen molar-refractivity contribution < 1.29 is 10.2 Å². The van der Waals surface area contributed by atoms with E-state index in [4.69, 9.17) is 0 Å². The fourth-order valence-electron chi connectivity index (χ4n) is 2.76. The lowest BCUT2D eigenvalue weighted by Gasteiger charge is -2.14. The van der Waals surface area contributed by atoms with Gasteiger partial charge >= 0.3 is 0 Å². The van der Waals surface area contributed by atoms with Gasteiger partial charge in [-0.15, -0.1) is 6.58 Å². The van der Waals surface area contributed by atoms with E-state index in [-0.39, 0.29) is 6.10 Å². The van der Waals surface area contributed by atoms with E-state index in [0.717, 1.165) is 12.8 Å². The van der Waals surface area contributed by atoms with E-state index in [1.807, 2.05) is 0 Å². The zero-order valence-corrected chi connectivity index (χ0v) is 14.2. The van der Waals surface area contributed by atoms with Crippen LogP contribution in [0.2, 0.25) is 0 Å². The molecular weight excluding hydrogens is 260 g/mol. The van der Waals surface area contributed by atoms with Gasteiger partial charge in [-0.1, -0.05) is 83.6 Å². The van der Waals surface area contributed by atoms with Gasteiger partial charge in [0.2, 0.25) is 0 Å². The molecule has 0 fully saturated rings. The van der Waals surface area contributed by atoms with Crippen LogP contribution in [0, 0.1) is 0 Å². The SMILES string of the molecule is C=CC[C@@H](O)C[C@H](O)CCCCCCCCCCCCC. The molecule has 0 heterocycles. The lowest BCUT2D eigenvalue weighted by atomic mass is 10.0. The van der Waals surface area contributed by atoms with E-state index >= 15 is 0 Å². The predicted octanol–water partition coefficient (Wildman–Crippen LogP) is 5.38. The van der Waals surface area contributed by atoms with Crippen LogP contribution in [0.15, 0.2) is 12.7 Å². The van der Waals surface area contributed by atoms with Gasteiger partial charge in [0, 0.05) is 0 Å². The maximum atomic E-state index is 9.80. The summed E-state index contributed by atoms with van der Waals surface area (Å²) in [4.78, 5) is 0. The Morgan fingerprint density at radius 2 is 1.24 bits per heavy atom. The lowest BCUT2D eigenvalue weighted by Crippen LogP contribution is -2.16. The highest BCUT2D eigenvalue weighted by atomic mass is 16.3. The molecule has 0 rings (SSSR count). The van der Waals surface area contributed by atoms with Crippen molar-refractivity contribution in [3.8, 4) is 0 Å². The third-order valence-electron chi connectivity index (χ3n) is 4.12. The molecule has 2 nitrogen and oxygen atoms in total. The third kappa shape index (κ3) is 15.9. The van der Waals surface area contributed by atoms with Gasteiger partial charge in [-0.05, 0) is 19.3 Å². The molecule has 0 saturated heterocycles. The van der Waals surface area contributed by atoms with Crippen LogP contribution >= 0.6 is 0 Å². The Morgan fingerprint density at radius 3 is 1.71 bits per heavy atom. The molecule has 0 unspecified atom stereocenters. The molecule has 0 aliphatic rings. The summed E-state index contributed by atoms with van der Waals surface area (Å²) in [5.41, 5.74) is 0. The molecule has 2 atom stereocenters. The van der Waals surface area contributed by atoms with Crippen LogP contribution in [0.5, 0.6) is 0 Å². The molecule has 0 spiro atoms. The second-order valence-corrected chi connectivity index (χ2v) is 6.39. The Labute approximate surface area is 132 Å². The zero-order valence-electron chi connectivity index (χ0n) is 14.2. The minimum atomic E-state index is -0.426. The molecule has 21 heavy (non-hydrogen) atoms. The van der Waals surface area contributed by atoms with E-state index in [9.17, 15) is 10.2 Å². The first kappa shape index (κ1) is 20.7. The lowest BCUT2D eigenvalue weighted by molar-refractivity contribution is 0.0757. The Hall–Kier alpha value is -0.340. The van der Waals surface area contributed by atoms with Crippen molar-refractivity contribution in [3.63, 3.8) is 0 Å². The minimum absolute atomic E-state index is 0.349. The monoisotopic (exact) mass is 298 g/mol. The van der Waals surface area contributed by atoms with Crippen LogP contribution < -0.4 is 0 Å². The second kappa shape index (κ2) is 16.0. The maximum Gasteiger partial charge on any atom is 0.0599 e. The molecule has 126 valence electrons. The van der Waals surface area contributed by atoms with Gasteiger partial charge < -0.3 is 10.2 Å². The van der Waals surface area contributed by atoms with Crippen molar-refractivity contribution in [2.75, 3.05) is 0 Å². The fraction of sp³-hybridized carbons (Fsp3) is 0.895. The molecule has 0 bridgehead atoms. The Morgan fingerprint density at radius 1 is 0.762 bits per heavy atom. The van der Waals surface area contributed by atoms with Gasteiger partial charge in [0.15, 0.2) is 0 Å². The number of hydrogen-bond acceptors (Lipinski definition) is 2. The topological polar surface area (TPSA) is 40.5 Å². The van der Waals surface area contributed by atoms with E-state index in [1.54, 1.807) is 6.08 Å². The van der Waals surface area contributed by atoms with Crippen molar-refractivity contribution in [1.82, 2.24) is 0 Å². The summed E-state index contributed by atoms with van der Waals surface area (Å²) >= 11 is 0. The quantitative estimate of drug-likeness (QED) is 0.297. The molecule has 0 amide bonds. The second-order valence-electron chi connectivity index (χ2n) is 6.39. The predicted molar refractivity (Wildman–Crippen MR) is 92.5 cm³/mol. The third-order valence-corrected chi connectivity index (χ3v) is 4.12. The van der Waals surface area contributed by atoms with Gasteiger partial charge in [0.05, 0.1) is 12.2 Å². The molecular formula is C19H38O2. The van der Waals surface area contributed by atoms with Crippen molar-refractivity contribution in [3.05, 3.63) is 12.7 Å². The summed E-state index contributed by atoms with van der Waals surface area (Å²) in [5, 5.41) is 19.4. The van der Waals surface area contributed by atoms with Gasteiger partial charge in [0.1, 0.15) is 0 Å². The molecule has 2 heteroatoms.